The molecule has 3 aromatic rings. The lowest BCUT2D eigenvalue weighted by Crippen LogP contribution is -2.13. The Balaban J connectivity index is 1.88. The molecule has 2 aromatic heterocycles. The second kappa shape index (κ2) is 8.91. The fraction of sp³-hybridized carbons (Fsp3) is 0.190. The highest BCUT2D eigenvalue weighted by Crippen LogP contribution is 2.26. The number of aromatic nitrogens is 2. The molecule has 0 saturated heterocycles. The Morgan fingerprint density at radius 3 is 2.48 bits per heavy atom. The number of pyridine rings is 2. The molecule has 1 N–H and O–H groups in total. The van der Waals surface area contributed by atoms with Crippen molar-refractivity contribution >= 4 is 11.7 Å². The largest absolute Gasteiger partial charge is 0.465 e. The summed E-state index contributed by atoms with van der Waals surface area (Å²) in [5.41, 5.74) is 4.79. The molecule has 3 rings (SSSR count). The first-order valence-electron chi connectivity index (χ1n) is 8.55. The van der Waals surface area contributed by atoms with E-state index in [-0.39, 0.29) is 0 Å². The van der Waals surface area contributed by atoms with Crippen LogP contribution in [0.5, 0.6) is 0 Å². The number of carbonyl (C=O) groups is 1. The van der Waals surface area contributed by atoms with Gasteiger partial charge in [-0.3, -0.25) is 9.97 Å². The number of hydrogen-bond donors (Lipinski definition) is 1. The van der Waals surface area contributed by atoms with Crippen LogP contribution in [-0.4, -0.2) is 43.3 Å². The lowest BCUT2D eigenvalue weighted by Gasteiger charge is -2.12. The Labute approximate surface area is 158 Å². The van der Waals surface area contributed by atoms with Gasteiger partial charge in [0.2, 0.25) is 0 Å². The number of hydrogen-bond acceptors (Lipinski definition) is 6. The summed E-state index contributed by atoms with van der Waals surface area (Å²) in [6, 6.07) is 13.6. The van der Waals surface area contributed by atoms with Gasteiger partial charge in [-0.05, 0) is 23.3 Å². The first-order chi connectivity index (χ1) is 13.2. The first-order valence-corrected chi connectivity index (χ1v) is 8.55. The number of esters is 1. The molecule has 27 heavy (non-hydrogen) atoms. The summed E-state index contributed by atoms with van der Waals surface area (Å²) in [5.74, 6) is -0.412. The second-order valence-corrected chi connectivity index (χ2v) is 5.85. The number of carbonyl (C=O) groups excluding carboxylic acids is 1. The van der Waals surface area contributed by atoms with Crippen LogP contribution in [0.1, 0.15) is 10.4 Å². The predicted octanol–water partition coefficient (Wildman–Crippen LogP) is 3.66. The topological polar surface area (TPSA) is 73.3 Å². The van der Waals surface area contributed by atoms with Crippen LogP contribution in [0.4, 0.5) is 5.69 Å². The molecule has 0 unspecified atom stereocenters. The van der Waals surface area contributed by atoms with Gasteiger partial charge in [-0.1, -0.05) is 30.3 Å². The lowest BCUT2D eigenvalue weighted by atomic mass is 10.0. The third-order valence-electron chi connectivity index (χ3n) is 4.11. The monoisotopic (exact) mass is 363 g/mol. The van der Waals surface area contributed by atoms with E-state index in [1.54, 1.807) is 25.6 Å². The minimum absolute atomic E-state index is 0.412. The maximum absolute atomic E-state index is 12.2. The van der Waals surface area contributed by atoms with E-state index in [0.29, 0.717) is 30.1 Å². The number of anilines is 1. The van der Waals surface area contributed by atoms with E-state index in [9.17, 15) is 4.79 Å². The molecule has 0 atom stereocenters. The third-order valence-corrected chi connectivity index (χ3v) is 4.11. The number of rotatable bonds is 7. The predicted molar refractivity (Wildman–Crippen MR) is 105 cm³/mol. The van der Waals surface area contributed by atoms with Crippen LogP contribution in [0.25, 0.3) is 22.4 Å². The minimum Gasteiger partial charge on any atom is -0.465 e. The molecule has 2 heterocycles. The molecule has 0 saturated carbocycles. The Kier molecular flexibility index (Phi) is 6.12. The van der Waals surface area contributed by atoms with Crippen LogP contribution in [0, 0.1) is 0 Å². The van der Waals surface area contributed by atoms with Crippen molar-refractivity contribution in [2.24, 2.45) is 0 Å². The summed E-state index contributed by atoms with van der Waals surface area (Å²) in [5, 5.41) is 3.14. The fourth-order valence-corrected chi connectivity index (χ4v) is 2.69. The lowest BCUT2D eigenvalue weighted by molar-refractivity contribution is 0.0601. The minimum atomic E-state index is -0.412. The van der Waals surface area contributed by atoms with Gasteiger partial charge >= 0.3 is 5.97 Å². The fourth-order valence-electron chi connectivity index (χ4n) is 2.69. The van der Waals surface area contributed by atoms with Crippen molar-refractivity contribution in [1.29, 1.82) is 0 Å². The average Bonchev–Trinajstić information content (AvgIpc) is 2.74. The molecule has 0 aliphatic rings. The molecule has 138 valence electrons. The third kappa shape index (κ3) is 4.48. The molecule has 0 fully saturated rings. The Morgan fingerprint density at radius 2 is 1.81 bits per heavy atom. The van der Waals surface area contributed by atoms with Gasteiger partial charge in [0.15, 0.2) is 0 Å². The summed E-state index contributed by atoms with van der Waals surface area (Å²) in [6.45, 7) is 1.10. The highest BCUT2D eigenvalue weighted by molar-refractivity contribution is 5.96. The zero-order chi connectivity index (χ0) is 19.1. The zero-order valence-electron chi connectivity index (χ0n) is 15.3. The van der Waals surface area contributed by atoms with Crippen molar-refractivity contribution < 1.29 is 14.3 Å². The van der Waals surface area contributed by atoms with E-state index in [0.717, 1.165) is 16.7 Å². The first kappa shape index (κ1) is 18.5. The van der Waals surface area contributed by atoms with Crippen LogP contribution in [0.3, 0.4) is 0 Å². The molecule has 0 bridgehead atoms. The normalized spacial score (nSPS) is 10.4. The van der Waals surface area contributed by atoms with Gasteiger partial charge in [0.05, 0.1) is 36.9 Å². The highest BCUT2D eigenvalue weighted by atomic mass is 16.5. The van der Waals surface area contributed by atoms with Crippen LogP contribution in [0.15, 0.2) is 61.1 Å². The van der Waals surface area contributed by atoms with Crippen molar-refractivity contribution in [2.75, 3.05) is 32.7 Å². The number of benzene rings is 1. The molecule has 0 spiro atoms. The van der Waals surface area contributed by atoms with Gasteiger partial charge in [-0.25, -0.2) is 4.79 Å². The summed E-state index contributed by atoms with van der Waals surface area (Å²) < 4.78 is 9.93. The summed E-state index contributed by atoms with van der Waals surface area (Å²) in [6.07, 6.45) is 5.22. The molecule has 6 heteroatoms. The van der Waals surface area contributed by atoms with E-state index >= 15 is 0 Å². The van der Waals surface area contributed by atoms with Crippen LogP contribution in [0.2, 0.25) is 0 Å². The number of nitrogens with one attached hydrogen (secondary N) is 1. The van der Waals surface area contributed by atoms with E-state index in [2.05, 4.69) is 15.3 Å². The number of ether oxygens (including phenoxy) is 2. The molecule has 0 amide bonds. The number of methoxy groups -OCH3 is 2. The SMILES string of the molecule is COCCNc1cnc(-c2ccc(-c3cccnc3)cc2)cc1C(=O)OC. The standard InChI is InChI=1S/C21H21N3O3/c1-26-11-10-23-20-14-24-19(12-18(20)21(25)27-2)16-7-5-15(6-8-16)17-4-3-9-22-13-17/h3-9,12-14,23H,10-11H2,1-2H3. The molecule has 0 radical (unpaired) electrons. The molecule has 6 nitrogen and oxygen atoms in total. The maximum Gasteiger partial charge on any atom is 0.340 e. The van der Waals surface area contributed by atoms with Crippen LogP contribution < -0.4 is 5.32 Å². The number of nitrogens with zero attached hydrogens (tertiary/aromatic N) is 2. The van der Waals surface area contributed by atoms with E-state index in [1.165, 1.54) is 7.11 Å². The maximum atomic E-state index is 12.2. The molecular formula is C21H21N3O3. The van der Waals surface area contributed by atoms with Crippen molar-refractivity contribution in [3.63, 3.8) is 0 Å². The summed E-state index contributed by atoms with van der Waals surface area (Å²) >= 11 is 0. The van der Waals surface area contributed by atoms with Gasteiger partial charge in [-0.15, -0.1) is 0 Å². The summed E-state index contributed by atoms with van der Waals surface area (Å²) in [7, 11) is 2.99. The van der Waals surface area contributed by atoms with E-state index in [4.69, 9.17) is 9.47 Å². The van der Waals surface area contributed by atoms with E-state index < -0.39 is 5.97 Å². The Bertz CT molecular complexity index is 896. The Hall–Kier alpha value is -3.25. The van der Waals surface area contributed by atoms with E-state index in [1.807, 2.05) is 42.6 Å². The smallest absolute Gasteiger partial charge is 0.340 e. The molecule has 0 aliphatic carbocycles. The summed E-state index contributed by atoms with van der Waals surface area (Å²) in [4.78, 5) is 20.8. The highest BCUT2D eigenvalue weighted by Gasteiger charge is 2.14. The van der Waals surface area contributed by atoms with Crippen molar-refractivity contribution in [3.8, 4) is 22.4 Å². The van der Waals surface area contributed by atoms with Gasteiger partial charge in [0.1, 0.15) is 0 Å². The van der Waals surface area contributed by atoms with Gasteiger partial charge in [0.25, 0.3) is 0 Å². The van der Waals surface area contributed by atoms with Crippen molar-refractivity contribution in [3.05, 3.63) is 66.6 Å². The second-order valence-electron chi connectivity index (χ2n) is 5.85. The zero-order valence-corrected chi connectivity index (χ0v) is 15.3. The van der Waals surface area contributed by atoms with Gasteiger partial charge in [0, 0.05) is 31.6 Å². The quantitative estimate of drug-likeness (QED) is 0.510. The van der Waals surface area contributed by atoms with Crippen LogP contribution >= 0.6 is 0 Å². The molecular weight excluding hydrogens is 342 g/mol. The van der Waals surface area contributed by atoms with Gasteiger partial charge < -0.3 is 14.8 Å². The molecule has 1 aromatic carbocycles. The van der Waals surface area contributed by atoms with Crippen LogP contribution in [-0.2, 0) is 9.47 Å². The average molecular weight is 363 g/mol. The van der Waals surface area contributed by atoms with Gasteiger partial charge in [-0.2, -0.15) is 0 Å². The molecule has 0 aliphatic heterocycles. The van der Waals surface area contributed by atoms with Crippen molar-refractivity contribution in [1.82, 2.24) is 9.97 Å². The Morgan fingerprint density at radius 1 is 1.04 bits per heavy atom. The van der Waals surface area contributed by atoms with Crippen molar-refractivity contribution in [2.45, 2.75) is 0 Å².